The van der Waals surface area contributed by atoms with Crippen molar-refractivity contribution in [1.29, 1.82) is 0 Å². The molecule has 2 unspecified atom stereocenters. The number of rotatable bonds is 6. The average Bonchev–Trinajstić information content (AvgIpc) is 3.17. The van der Waals surface area contributed by atoms with Crippen molar-refractivity contribution in [3.05, 3.63) is 57.8 Å². The van der Waals surface area contributed by atoms with E-state index >= 15 is 0 Å². The lowest BCUT2D eigenvalue weighted by molar-refractivity contribution is 0.158. The van der Waals surface area contributed by atoms with Gasteiger partial charge in [0.1, 0.15) is 0 Å². The molecule has 0 spiro atoms. The summed E-state index contributed by atoms with van der Waals surface area (Å²) in [5.41, 5.74) is 9.12. The number of aryl methyl sites for hydroxylation is 1. The van der Waals surface area contributed by atoms with Crippen LogP contribution in [0.3, 0.4) is 0 Å². The van der Waals surface area contributed by atoms with E-state index < -0.39 is 0 Å². The Morgan fingerprint density at radius 1 is 1.24 bits per heavy atom. The minimum absolute atomic E-state index is 0.131. The Hall–Kier alpha value is -1.16. The molecule has 0 bridgehead atoms. The van der Waals surface area contributed by atoms with Crippen LogP contribution < -0.4 is 5.73 Å². The van der Waals surface area contributed by atoms with Gasteiger partial charge in [-0.15, -0.1) is 11.3 Å². The van der Waals surface area contributed by atoms with Crippen molar-refractivity contribution in [2.75, 3.05) is 0 Å². The fourth-order valence-electron chi connectivity index (χ4n) is 3.13. The molecule has 2 atom stereocenters. The maximum atomic E-state index is 6.39. The van der Waals surface area contributed by atoms with Crippen LogP contribution in [-0.2, 0) is 6.54 Å². The van der Waals surface area contributed by atoms with Crippen LogP contribution in [-0.4, -0.2) is 17.0 Å². The van der Waals surface area contributed by atoms with Gasteiger partial charge in [-0.25, -0.2) is 0 Å². The maximum absolute atomic E-state index is 6.39. The zero-order valence-corrected chi connectivity index (χ0v) is 13.6. The summed E-state index contributed by atoms with van der Waals surface area (Å²) in [6, 6.07) is 14.2. The van der Waals surface area contributed by atoms with Crippen molar-refractivity contribution in [1.82, 2.24) is 4.90 Å². The smallest absolute Gasteiger partial charge is 0.0505 e. The quantitative estimate of drug-likeness (QED) is 0.870. The molecule has 0 saturated heterocycles. The number of benzene rings is 1. The normalized spacial score (nSPS) is 17.9. The van der Waals surface area contributed by atoms with Crippen LogP contribution in [0, 0.1) is 6.92 Å². The second-order valence-corrected chi connectivity index (χ2v) is 7.18. The topological polar surface area (TPSA) is 29.3 Å². The van der Waals surface area contributed by atoms with E-state index in [1.165, 1.54) is 28.8 Å². The van der Waals surface area contributed by atoms with E-state index in [0.29, 0.717) is 12.1 Å². The van der Waals surface area contributed by atoms with Crippen LogP contribution in [0.25, 0.3) is 0 Å². The van der Waals surface area contributed by atoms with Gasteiger partial charge in [0.05, 0.1) is 6.04 Å². The van der Waals surface area contributed by atoms with Crippen LogP contribution in [0.1, 0.15) is 41.8 Å². The van der Waals surface area contributed by atoms with Gasteiger partial charge >= 0.3 is 0 Å². The predicted octanol–water partition coefficient (Wildman–Crippen LogP) is 4.11. The van der Waals surface area contributed by atoms with E-state index in [4.69, 9.17) is 5.73 Å². The minimum atomic E-state index is 0.131. The lowest BCUT2D eigenvalue weighted by Crippen LogP contribution is -2.40. The molecule has 1 heterocycles. The van der Waals surface area contributed by atoms with Crippen LogP contribution >= 0.6 is 11.3 Å². The second-order valence-electron chi connectivity index (χ2n) is 6.14. The minimum Gasteiger partial charge on any atom is -0.326 e. The molecule has 3 rings (SSSR count). The van der Waals surface area contributed by atoms with Crippen molar-refractivity contribution in [3.63, 3.8) is 0 Å². The highest BCUT2D eigenvalue weighted by atomic mass is 32.1. The van der Waals surface area contributed by atoms with Gasteiger partial charge in [0.15, 0.2) is 0 Å². The largest absolute Gasteiger partial charge is 0.326 e. The monoisotopic (exact) mass is 300 g/mol. The summed E-state index contributed by atoms with van der Waals surface area (Å²) in [6.45, 7) is 5.35. The fourth-order valence-corrected chi connectivity index (χ4v) is 3.84. The first kappa shape index (κ1) is 14.8. The van der Waals surface area contributed by atoms with Crippen LogP contribution in [0.5, 0.6) is 0 Å². The molecule has 1 aliphatic rings. The Labute approximate surface area is 131 Å². The molecular weight excluding hydrogens is 276 g/mol. The number of nitrogens with zero attached hydrogens (tertiary/aromatic N) is 1. The van der Waals surface area contributed by atoms with Gasteiger partial charge in [-0.2, -0.15) is 0 Å². The van der Waals surface area contributed by atoms with E-state index in [-0.39, 0.29) is 6.04 Å². The van der Waals surface area contributed by atoms with Crippen molar-refractivity contribution >= 4 is 11.3 Å². The third kappa shape index (κ3) is 3.37. The maximum Gasteiger partial charge on any atom is 0.0505 e. The second kappa shape index (κ2) is 6.30. The molecule has 2 N–H and O–H groups in total. The van der Waals surface area contributed by atoms with Gasteiger partial charge in [-0.05, 0) is 49.3 Å². The van der Waals surface area contributed by atoms with E-state index in [1.807, 2.05) is 11.3 Å². The standard InChI is InChI=1S/C18H24N2S/c1-13-6-3-4-8-17(13)18(14(2)19)20(15-9-10-15)12-16-7-5-11-21-16/h3-8,11,14-15,18H,9-10,12,19H2,1-2H3. The first-order valence-corrected chi connectivity index (χ1v) is 8.64. The summed E-state index contributed by atoms with van der Waals surface area (Å²) in [7, 11) is 0. The number of thiophene rings is 1. The van der Waals surface area contributed by atoms with Gasteiger partial charge in [0, 0.05) is 23.5 Å². The van der Waals surface area contributed by atoms with Crippen molar-refractivity contribution in [3.8, 4) is 0 Å². The van der Waals surface area contributed by atoms with Gasteiger partial charge < -0.3 is 5.73 Å². The highest BCUT2D eigenvalue weighted by Crippen LogP contribution is 2.38. The van der Waals surface area contributed by atoms with Crippen LogP contribution in [0.4, 0.5) is 0 Å². The molecular formula is C18H24N2S. The van der Waals surface area contributed by atoms with Crippen LogP contribution in [0.2, 0.25) is 0 Å². The Morgan fingerprint density at radius 3 is 2.57 bits per heavy atom. The first-order valence-electron chi connectivity index (χ1n) is 7.76. The van der Waals surface area contributed by atoms with Crippen LogP contribution in [0.15, 0.2) is 41.8 Å². The highest BCUT2D eigenvalue weighted by Gasteiger charge is 2.36. The lowest BCUT2D eigenvalue weighted by atomic mass is 9.94. The summed E-state index contributed by atoms with van der Waals surface area (Å²) in [5.74, 6) is 0. The van der Waals surface area contributed by atoms with Gasteiger partial charge in [0.2, 0.25) is 0 Å². The zero-order chi connectivity index (χ0) is 14.8. The van der Waals surface area contributed by atoms with E-state index in [9.17, 15) is 0 Å². The predicted molar refractivity (Wildman–Crippen MR) is 90.5 cm³/mol. The first-order chi connectivity index (χ1) is 10.2. The SMILES string of the molecule is Cc1ccccc1C(C(C)N)N(Cc1cccs1)C1CC1. The Morgan fingerprint density at radius 2 is 2.00 bits per heavy atom. The molecule has 0 radical (unpaired) electrons. The summed E-state index contributed by atoms with van der Waals surface area (Å²) >= 11 is 1.84. The molecule has 1 aromatic heterocycles. The molecule has 1 aliphatic carbocycles. The fraction of sp³-hybridized carbons (Fsp3) is 0.444. The lowest BCUT2D eigenvalue weighted by Gasteiger charge is -2.35. The van der Waals surface area contributed by atoms with Gasteiger partial charge in [-0.3, -0.25) is 4.90 Å². The van der Waals surface area contributed by atoms with Crippen molar-refractivity contribution in [2.24, 2.45) is 5.73 Å². The third-order valence-corrected chi connectivity index (χ3v) is 5.16. The molecule has 1 fully saturated rings. The van der Waals surface area contributed by atoms with Gasteiger partial charge in [0.25, 0.3) is 0 Å². The van der Waals surface area contributed by atoms with E-state index in [1.54, 1.807) is 0 Å². The molecule has 21 heavy (non-hydrogen) atoms. The Kier molecular flexibility index (Phi) is 4.43. The Balaban J connectivity index is 1.92. The van der Waals surface area contributed by atoms with E-state index in [0.717, 1.165) is 6.54 Å². The number of nitrogens with two attached hydrogens (primary N) is 1. The molecule has 2 aromatic rings. The van der Waals surface area contributed by atoms with Crippen molar-refractivity contribution in [2.45, 2.75) is 51.4 Å². The molecule has 1 saturated carbocycles. The zero-order valence-electron chi connectivity index (χ0n) is 12.8. The molecule has 112 valence electrons. The average molecular weight is 300 g/mol. The van der Waals surface area contributed by atoms with E-state index in [2.05, 4.69) is 60.5 Å². The third-order valence-electron chi connectivity index (χ3n) is 4.30. The molecule has 0 amide bonds. The van der Waals surface area contributed by atoms with Gasteiger partial charge in [-0.1, -0.05) is 30.3 Å². The Bertz CT molecular complexity index is 573. The highest BCUT2D eigenvalue weighted by molar-refractivity contribution is 7.09. The molecule has 3 heteroatoms. The number of hydrogen-bond donors (Lipinski definition) is 1. The molecule has 2 nitrogen and oxygen atoms in total. The molecule has 1 aromatic carbocycles. The summed E-state index contributed by atoms with van der Waals surface area (Å²) in [6.07, 6.45) is 2.61. The summed E-state index contributed by atoms with van der Waals surface area (Å²) in [4.78, 5) is 4.06. The summed E-state index contributed by atoms with van der Waals surface area (Å²) < 4.78 is 0. The molecule has 0 aliphatic heterocycles. The number of hydrogen-bond acceptors (Lipinski definition) is 3. The van der Waals surface area contributed by atoms with Crippen molar-refractivity contribution < 1.29 is 0 Å². The summed E-state index contributed by atoms with van der Waals surface area (Å²) in [5, 5.41) is 2.16.